The van der Waals surface area contributed by atoms with Gasteiger partial charge in [-0.25, -0.2) is 9.97 Å². The van der Waals surface area contributed by atoms with Crippen LogP contribution < -0.4 is 25.4 Å². The van der Waals surface area contributed by atoms with E-state index in [0.29, 0.717) is 60.5 Å². The molecule has 3 aromatic carbocycles. The number of piperazine rings is 1. The second-order valence-corrected chi connectivity index (χ2v) is 23.4. The van der Waals surface area contributed by atoms with Gasteiger partial charge in [0.2, 0.25) is 17.7 Å². The van der Waals surface area contributed by atoms with Gasteiger partial charge in [0.1, 0.15) is 17.5 Å². The highest BCUT2D eigenvalue weighted by Gasteiger charge is 2.44. The van der Waals surface area contributed by atoms with Gasteiger partial charge in [0.05, 0.1) is 57.4 Å². The third-order valence-corrected chi connectivity index (χ3v) is 17.0. The van der Waals surface area contributed by atoms with E-state index in [1.54, 1.807) is 63.6 Å². The summed E-state index contributed by atoms with van der Waals surface area (Å²) in [4.78, 5) is 82.7. The minimum absolute atomic E-state index is 0.000740. The van der Waals surface area contributed by atoms with Crippen LogP contribution in [-0.4, -0.2) is 129 Å². The van der Waals surface area contributed by atoms with Crippen molar-refractivity contribution in [2.24, 2.45) is 5.41 Å². The number of nitrogens with one attached hydrogen (secondary N) is 3. The number of anilines is 1. The average molecular weight is 1050 g/mol. The summed E-state index contributed by atoms with van der Waals surface area (Å²) in [7, 11) is 1.55. The summed E-state index contributed by atoms with van der Waals surface area (Å²) in [6.07, 6.45) is 5.16. The normalized spacial score (nSPS) is 19.8. The van der Waals surface area contributed by atoms with Crippen molar-refractivity contribution in [1.82, 2.24) is 35.3 Å². The summed E-state index contributed by atoms with van der Waals surface area (Å²) < 4.78 is 12.9. The van der Waals surface area contributed by atoms with E-state index in [1.807, 2.05) is 76.5 Å². The number of carbonyl (C=O) groups excluding carboxylic acids is 5. The lowest BCUT2D eigenvalue weighted by molar-refractivity contribution is -0.142. The molecule has 388 valence electrons. The number of aromatic nitrogens is 2. The summed E-state index contributed by atoms with van der Waals surface area (Å²) >= 11 is 4.38. The maximum atomic E-state index is 14.4. The number of amides is 5. The number of methoxy groups -OCH3 is 1. The number of β-amino-alcohol motifs (C(OH)–C–C–N with tert-alkyl or cyclic N) is 1. The number of rotatable bonds is 15. The predicted octanol–water partition coefficient (Wildman–Crippen LogP) is 7.96. The molecule has 5 amide bonds. The Morgan fingerprint density at radius 3 is 2.32 bits per heavy atom. The molecule has 3 aliphatic rings. The van der Waals surface area contributed by atoms with Gasteiger partial charge in [-0.05, 0) is 104 Å². The van der Waals surface area contributed by atoms with E-state index >= 15 is 0 Å². The third-order valence-electron chi connectivity index (χ3n) is 13.8. The molecule has 16 nitrogen and oxygen atoms in total. The number of benzene rings is 3. The van der Waals surface area contributed by atoms with Gasteiger partial charge in [0, 0.05) is 69.1 Å². The van der Waals surface area contributed by atoms with Crippen molar-refractivity contribution in [2.75, 3.05) is 45.2 Å². The number of likely N-dealkylation sites (tertiary alicyclic amines) is 1. The third kappa shape index (κ3) is 13.3. The van der Waals surface area contributed by atoms with E-state index in [2.05, 4.69) is 25.9 Å². The Labute approximate surface area is 439 Å². The van der Waals surface area contributed by atoms with Crippen LogP contribution in [0.15, 0.2) is 81.5 Å². The Balaban J connectivity index is 0.813. The van der Waals surface area contributed by atoms with Crippen molar-refractivity contribution >= 4 is 69.1 Å². The molecule has 8 rings (SSSR count). The van der Waals surface area contributed by atoms with Gasteiger partial charge in [-0.3, -0.25) is 29.3 Å². The fraction of sp³-hybridized carbons (Fsp3) is 0.463. The zero-order chi connectivity index (χ0) is 52.0. The lowest BCUT2D eigenvalue weighted by Crippen LogP contribution is -2.58. The number of aliphatic hydroxyl groups is 1. The summed E-state index contributed by atoms with van der Waals surface area (Å²) in [5.41, 5.74) is 6.18. The molecule has 1 aliphatic carbocycles. The Morgan fingerprint density at radius 2 is 1.64 bits per heavy atom. The number of aryl methyl sites for hydroxylation is 2. The smallest absolute Gasteiger partial charge is 0.257 e. The van der Waals surface area contributed by atoms with Crippen LogP contribution >= 0.6 is 34.4 Å². The minimum atomic E-state index is -0.793. The standard InChI is InChI=1S/C54H66N8O8S3/c1-32-25-44(69-7)42(51(67)61-23-21-60(22-24-61)34(3)63)27-45(32)72-46-29-56-53(73-46)59-49(65)37-15-18-41(19-16-37)70-40-10-8-9-38(17-20-40)58-48(54(4,5)6)52(68)62-30-39(64)26-43(62)50(66)55-28-35-11-13-36(14-12-35)47-33(2)57-31-71-47/h11-16,18-19,25,27,29,31,38-40,43,48,58,64H,8-10,17,20-24,26,28,30H2,1-7H3,(H,55,66)(H,56,59,65)/t38-,39-,40?,43?,48-/m1/s1. The van der Waals surface area contributed by atoms with Crippen molar-refractivity contribution in [3.8, 4) is 21.9 Å². The number of aliphatic hydroxyl groups excluding tert-OH is 1. The maximum Gasteiger partial charge on any atom is 0.257 e. The Hall–Kier alpha value is -5.86. The lowest BCUT2D eigenvalue weighted by Gasteiger charge is -2.37. The summed E-state index contributed by atoms with van der Waals surface area (Å²) in [6.45, 7) is 13.8. The van der Waals surface area contributed by atoms with Gasteiger partial charge in [-0.2, -0.15) is 0 Å². The number of nitrogens with zero attached hydrogens (tertiary/aromatic N) is 5. The van der Waals surface area contributed by atoms with E-state index in [9.17, 15) is 29.1 Å². The fourth-order valence-corrected chi connectivity index (χ4v) is 12.4. The summed E-state index contributed by atoms with van der Waals surface area (Å²) in [6, 6.07) is 17.5. The number of thiazole rings is 2. The van der Waals surface area contributed by atoms with Crippen molar-refractivity contribution in [1.29, 1.82) is 0 Å². The molecule has 19 heteroatoms. The Bertz CT molecular complexity index is 2770. The van der Waals surface area contributed by atoms with Crippen molar-refractivity contribution in [3.63, 3.8) is 0 Å². The highest BCUT2D eigenvalue weighted by Crippen LogP contribution is 2.39. The number of carbonyl (C=O) groups is 5. The van der Waals surface area contributed by atoms with Crippen molar-refractivity contribution in [3.05, 3.63) is 100 Å². The molecule has 4 N–H and O–H groups in total. The van der Waals surface area contributed by atoms with E-state index in [4.69, 9.17) is 9.47 Å². The van der Waals surface area contributed by atoms with Crippen LogP contribution in [-0.2, 0) is 20.9 Å². The molecule has 2 aromatic heterocycles. The number of ether oxygens (including phenoxy) is 2. The molecular weight excluding hydrogens is 985 g/mol. The zero-order valence-electron chi connectivity index (χ0n) is 42.6. The Kier molecular flexibility index (Phi) is 17.2. The van der Waals surface area contributed by atoms with Crippen LogP contribution in [0.1, 0.15) is 104 Å². The maximum absolute atomic E-state index is 14.4. The fourth-order valence-electron chi connectivity index (χ4n) is 9.63. The molecule has 2 saturated heterocycles. The van der Waals surface area contributed by atoms with E-state index < -0.39 is 23.6 Å². The first-order valence-electron chi connectivity index (χ1n) is 24.9. The second kappa shape index (κ2) is 23.6. The van der Waals surface area contributed by atoms with Crippen LogP contribution in [0.4, 0.5) is 5.13 Å². The first-order chi connectivity index (χ1) is 34.9. The SMILES string of the molecule is COc1cc(C)c(Sc2cnc(NC(=O)c3ccc(OC4CCC[C@@H](N[C@H](C(=O)N5C[C@H](O)CC5C(=O)NCc5ccc(-c6scnc6C)cc5)C(C)(C)C)CC4)cc3)s2)cc1C(=O)N1CCN(C(C)=O)CC1. The largest absolute Gasteiger partial charge is 0.496 e. The van der Waals surface area contributed by atoms with Crippen LogP contribution in [0.3, 0.4) is 0 Å². The molecule has 2 aliphatic heterocycles. The molecule has 5 aromatic rings. The van der Waals surface area contributed by atoms with Gasteiger partial charge in [0.15, 0.2) is 5.13 Å². The lowest BCUT2D eigenvalue weighted by atomic mass is 9.84. The van der Waals surface area contributed by atoms with Gasteiger partial charge < -0.3 is 39.9 Å². The molecular formula is C54H66N8O8S3. The molecule has 5 atom stereocenters. The number of hydrogen-bond donors (Lipinski definition) is 4. The van der Waals surface area contributed by atoms with Gasteiger partial charge >= 0.3 is 0 Å². The van der Waals surface area contributed by atoms with Crippen molar-refractivity contribution < 1.29 is 38.6 Å². The topological polar surface area (TPSA) is 196 Å². The molecule has 0 radical (unpaired) electrons. The predicted molar refractivity (Wildman–Crippen MR) is 284 cm³/mol. The van der Waals surface area contributed by atoms with Crippen LogP contribution in [0, 0.1) is 19.3 Å². The quantitative estimate of drug-likeness (QED) is 0.0740. The van der Waals surface area contributed by atoms with E-state index in [-0.39, 0.29) is 54.6 Å². The summed E-state index contributed by atoms with van der Waals surface area (Å²) in [5, 5.41) is 20.8. The first kappa shape index (κ1) is 53.4. The van der Waals surface area contributed by atoms with Gasteiger partial charge in [-0.1, -0.05) is 68.1 Å². The van der Waals surface area contributed by atoms with Crippen LogP contribution in [0.25, 0.3) is 10.4 Å². The van der Waals surface area contributed by atoms with E-state index in [0.717, 1.165) is 68.5 Å². The molecule has 4 heterocycles. The molecule has 1 saturated carbocycles. The molecule has 3 fully saturated rings. The van der Waals surface area contributed by atoms with Crippen molar-refractivity contribution in [2.45, 2.75) is 126 Å². The van der Waals surface area contributed by atoms with Crippen LogP contribution in [0.2, 0.25) is 0 Å². The minimum Gasteiger partial charge on any atom is -0.496 e. The first-order valence-corrected chi connectivity index (χ1v) is 27.4. The second-order valence-electron chi connectivity index (χ2n) is 20.2. The monoisotopic (exact) mass is 1050 g/mol. The molecule has 0 bridgehead atoms. The zero-order valence-corrected chi connectivity index (χ0v) is 45.0. The van der Waals surface area contributed by atoms with Gasteiger partial charge in [0.25, 0.3) is 11.8 Å². The Morgan fingerprint density at radius 1 is 0.918 bits per heavy atom. The molecule has 2 unspecified atom stereocenters. The summed E-state index contributed by atoms with van der Waals surface area (Å²) in [5.74, 6) is 0.229. The van der Waals surface area contributed by atoms with Crippen LogP contribution in [0.5, 0.6) is 11.5 Å². The number of hydrogen-bond acceptors (Lipinski definition) is 14. The van der Waals surface area contributed by atoms with E-state index in [1.165, 1.54) is 30.0 Å². The average Bonchev–Trinajstić information content (AvgIpc) is 4.08. The highest BCUT2D eigenvalue weighted by molar-refractivity contribution is 8.01. The molecule has 73 heavy (non-hydrogen) atoms. The highest BCUT2D eigenvalue weighted by atomic mass is 32.2. The van der Waals surface area contributed by atoms with Gasteiger partial charge in [-0.15, -0.1) is 11.3 Å². The molecule has 0 spiro atoms.